The average molecular weight is 265 g/mol. The van der Waals surface area contributed by atoms with Gasteiger partial charge >= 0.3 is 0 Å². The molecule has 0 spiro atoms. The van der Waals surface area contributed by atoms with Gasteiger partial charge in [-0.15, -0.1) is 0 Å². The van der Waals surface area contributed by atoms with Crippen molar-refractivity contribution in [2.75, 3.05) is 13.2 Å². The zero-order valence-electron chi connectivity index (χ0n) is 11.9. The molecule has 3 heteroatoms. The Morgan fingerprint density at radius 1 is 1.37 bits per heavy atom. The fraction of sp³-hybridized carbons (Fsp3) is 0.625. The van der Waals surface area contributed by atoms with Gasteiger partial charge in [-0.1, -0.05) is 25.8 Å². The molecule has 0 heterocycles. The van der Waals surface area contributed by atoms with Gasteiger partial charge in [0.15, 0.2) is 0 Å². The van der Waals surface area contributed by atoms with Crippen LogP contribution in [0.5, 0.6) is 5.75 Å². The van der Waals surface area contributed by atoms with E-state index in [0.29, 0.717) is 11.7 Å². The molecule has 19 heavy (non-hydrogen) atoms. The molecule has 1 aliphatic rings. The van der Waals surface area contributed by atoms with Crippen molar-refractivity contribution in [1.29, 1.82) is 0 Å². The van der Waals surface area contributed by atoms with Gasteiger partial charge in [-0.2, -0.15) is 0 Å². The third kappa shape index (κ3) is 3.93. The minimum absolute atomic E-state index is 0.184. The lowest BCUT2D eigenvalue weighted by molar-refractivity contribution is 0.247. The van der Waals surface area contributed by atoms with Crippen molar-refractivity contribution in [2.45, 2.75) is 45.6 Å². The molecule has 1 saturated carbocycles. The van der Waals surface area contributed by atoms with Gasteiger partial charge in [-0.3, -0.25) is 0 Å². The fourth-order valence-corrected chi connectivity index (χ4v) is 2.79. The van der Waals surface area contributed by atoms with Crippen molar-refractivity contribution >= 4 is 0 Å². The van der Waals surface area contributed by atoms with Crippen LogP contribution in [-0.2, 0) is 0 Å². The number of nitrogens with one attached hydrogen (secondary N) is 1. The maximum absolute atomic E-state index is 13.4. The Labute approximate surface area is 115 Å². The molecular formula is C16H24FNO. The summed E-state index contributed by atoms with van der Waals surface area (Å²) in [7, 11) is 0. The molecule has 1 fully saturated rings. The highest BCUT2D eigenvalue weighted by atomic mass is 19.1. The van der Waals surface area contributed by atoms with E-state index in [1.807, 2.05) is 6.07 Å². The topological polar surface area (TPSA) is 21.3 Å². The van der Waals surface area contributed by atoms with Gasteiger partial charge in [0.05, 0.1) is 6.61 Å². The third-order valence-electron chi connectivity index (χ3n) is 3.90. The van der Waals surface area contributed by atoms with Crippen LogP contribution in [0.4, 0.5) is 4.39 Å². The molecule has 0 radical (unpaired) electrons. The number of hydrogen-bond acceptors (Lipinski definition) is 2. The average Bonchev–Trinajstić information content (AvgIpc) is 2.89. The Hall–Kier alpha value is -1.09. The maximum atomic E-state index is 13.4. The van der Waals surface area contributed by atoms with Crippen LogP contribution in [0.25, 0.3) is 0 Å². The first-order valence-electron chi connectivity index (χ1n) is 7.36. The summed E-state index contributed by atoms with van der Waals surface area (Å²) >= 11 is 0. The quantitative estimate of drug-likeness (QED) is 0.837. The summed E-state index contributed by atoms with van der Waals surface area (Å²) < 4.78 is 19.3. The van der Waals surface area contributed by atoms with Crippen LogP contribution in [0.1, 0.15) is 51.1 Å². The van der Waals surface area contributed by atoms with Crippen molar-refractivity contribution in [3.05, 3.63) is 29.6 Å². The molecular weight excluding hydrogens is 241 g/mol. The van der Waals surface area contributed by atoms with Crippen molar-refractivity contribution in [3.8, 4) is 5.75 Å². The summed E-state index contributed by atoms with van der Waals surface area (Å²) in [6.45, 7) is 5.76. The number of halogens is 1. The van der Waals surface area contributed by atoms with Gasteiger partial charge in [0.1, 0.15) is 11.6 Å². The van der Waals surface area contributed by atoms with E-state index in [2.05, 4.69) is 19.2 Å². The molecule has 1 aliphatic carbocycles. The van der Waals surface area contributed by atoms with Crippen LogP contribution in [0.15, 0.2) is 18.2 Å². The highest BCUT2D eigenvalue weighted by Gasteiger charge is 2.17. The van der Waals surface area contributed by atoms with Crippen LogP contribution < -0.4 is 10.1 Å². The van der Waals surface area contributed by atoms with Crippen LogP contribution in [0.3, 0.4) is 0 Å². The molecule has 0 bridgehead atoms. The minimum atomic E-state index is -0.228. The predicted octanol–water partition coefficient (Wildman–Crippen LogP) is 4.07. The van der Waals surface area contributed by atoms with Crippen LogP contribution >= 0.6 is 0 Å². The van der Waals surface area contributed by atoms with E-state index in [-0.39, 0.29) is 11.9 Å². The highest BCUT2D eigenvalue weighted by molar-refractivity contribution is 5.36. The number of hydrogen-bond donors (Lipinski definition) is 1. The highest BCUT2D eigenvalue weighted by Crippen LogP contribution is 2.29. The lowest BCUT2D eigenvalue weighted by atomic mass is 10.1. The Balaban J connectivity index is 2.05. The van der Waals surface area contributed by atoms with Crippen LogP contribution in [0.2, 0.25) is 0 Å². The van der Waals surface area contributed by atoms with E-state index in [9.17, 15) is 4.39 Å². The predicted molar refractivity (Wildman–Crippen MR) is 75.9 cm³/mol. The van der Waals surface area contributed by atoms with Crippen molar-refractivity contribution in [1.82, 2.24) is 5.32 Å². The van der Waals surface area contributed by atoms with Crippen LogP contribution in [0, 0.1) is 11.7 Å². The normalized spacial score (nSPS) is 17.6. The molecule has 0 aliphatic heterocycles. The first-order chi connectivity index (χ1) is 9.20. The summed E-state index contributed by atoms with van der Waals surface area (Å²) in [4.78, 5) is 0. The molecule has 2 nitrogen and oxygen atoms in total. The Kier molecular flexibility index (Phi) is 5.20. The first kappa shape index (κ1) is 14.3. The SMILES string of the molecule is CCNC(C)c1ccc(F)cc1OCC1CCCC1. The molecule has 1 aromatic rings. The summed E-state index contributed by atoms with van der Waals surface area (Å²) in [5, 5.41) is 3.35. The lowest BCUT2D eigenvalue weighted by Crippen LogP contribution is -2.19. The molecule has 1 aromatic carbocycles. The van der Waals surface area contributed by atoms with Gasteiger partial charge in [-0.25, -0.2) is 4.39 Å². The summed E-state index contributed by atoms with van der Waals surface area (Å²) in [5.74, 6) is 1.11. The zero-order valence-corrected chi connectivity index (χ0v) is 11.9. The minimum Gasteiger partial charge on any atom is -0.493 e. The van der Waals surface area contributed by atoms with E-state index in [1.165, 1.54) is 37.8 Å². The van der Waals surface area contributed by atoms with Gasteiger partial charge in [0.25, 0.3) is 0 Å². The van der Waals surface area contributed by atoms with E-state index in [4.69, 9.17) is 4.74 Å². The maximum Gasteiger partial charge on any atom is 0.126 e. The lowest BCUT2D eigenvalue weighted by Gasteiger charge is -2.19. The van der Waals surface area contributed by atoms with E-state index >= 15 is 0 Å². The molecule has 1 atom stereocenters. The van der Waals surface area contributed by atoms with Gasteiger partial charge in [0, 0.05) is 17.7 Å². The Morgan fingerprint density at radius 2 is 2.11 bits per heavy atom. The Bertz CT molecular complexity index is 402. The monoisotopic (exact) mass is 265 g/mol. The molecule has 106 valence electrons. The number of benzene rings is 1. The zero-order chi connectivity index (χ0) is 13.7. The standard InChI is InChI=1S/C16H24FNO/c1-3-18-12(2)15-9-8-14(17)10-16(15)19-11-13-6-4-5-7-13/h8-10,12-13,18H,3-7,11H2,1-2H3. The fourth-order valence-electron chi connectivity index (χ4n) is 2.79. The number of rotatable bonds is 6. The van der Waals surface area contributed by atoms with Crippen molar-refractivity contribution in [2.24, 2.45) is 5.92 Å². The number of ether oxygens (including phenoxy) is 1. The van der Waals surface area contributed by atoms with Gasteiger partial charge in [0.2, 0.25) is 0 Å². The molecule has 0 aromatic heterocycles. The molecule has 1 N–H and O–H groups in total. The van der Waals surface area contributed by atoms with Crippen LogP contribution in [-0.4, -0.2) is 13.2 Å². The van der Waals surface area contributed by atoms with E-state index in [1.54, 1.807) is 0 Å². The van der Waals surface area contributed by atoms with Crippen molar-refractivity contribution < 1.29 is 9.13 Å². The first-order valence-corrected chi connectivity index (χ1v) is 7.36. The molecule has 0 amide bonds. The van der Waals surface area contributed by atoms with E-state index < -0.39 is 0 Å². The van der Waals surface area contributed by atoms with Crippen molar-refractivity contribution in [3.63, 3.8) is 0 Å². The second-order valence-corrected chi connectivity index (χ2v) is 5.42. The van der Waals surface area contributed by atoms with E-state index in [0.717, 1.165) is 18.7 Å². The summed E-state index contributed by atoms with van der Waals surface area (Å²) in [5.41, 5.74) is 1.04. The van der Waals surface area contributed by atoms with Gasteiger partial charge in [-0.05, 0) is 38.3 Å². The molecule has 1 unspecified atom stereocenters. The molecule has 0 saturated heterocycles. The third-order valence-corrected chi connectivity index (χ3v) is 3.90. The summed E-state index contributed by atoms with van der Waals surface area (Å²) in [6.07, 6.45) is 5.09. The second-order valence-electron chi connectivity index (χ2n) is 5.42. The summed E-state index contributed by atoms with van der Waals surface area (Å²) in [6, 6.07) is 5.03. The Morgan fingerprint density at radius 3 is 2.79 bits per heavy atom. The molecule has 2 rings (SSSR count). The second kappa shape index (κ2) is 6.90. The smallest absolute Gasteiger partial charge is 0.126 e. The van der Waals surface area contributed by atoms with Gasteiger partial charge < -0.3 is 10.1 Å². The largest absolute Gasteiger partial charge is 0.493 e.